The van der Waals surface area contributed by atoms with Crippen LogP contribution in [-0.2, 0) is 19.6 Å². The van der Waals surface area contributed by atoms with Crippen LogP contribution in [0.25, 0.3) is 0 Å². The van der Waals surface area contributed by atoms with Gasteiger partial charge in [-0.05, 0) is 36.4 Å². The highest BCUT2D eigenvalue weighted by Crippen LogP contribution is 2.30. The number of allylic oxidation sites excluding steroid dienone is 2. The van der Waals surface area contributed by atoms with Gasteiger partial charge in [0.2, 0.25) is 5.91 Å². The molecule has 0 saturated carbocycles. The highest BCUT2D eigenvalue weighted by Gasteiger charge is 2.34. The molecular weight excluding hydrogens is 388 g/mol. The van der Waals surface area contributed by atoms with Crippen molar-refractivity contribution in [1.29, 1.82) is 0 Å². The molecule has 3 N–H and O–H groups in total. The molecule has 1 aliphatic rings. The highest BCUT2D eigenvalue weighted by atomic mass is 32.2. The first-order valence-electron chi connectivity index (χ1n) is 8.22. The molecule has 0 spiro atoms. The number of benzene rings is 1. The van der Waals surface area contributed by atoms with E-state index in [1.165, 1.54) is 12.1 Å². The Kier molecular flexibility index (Phi) is 5.62. The van der Waals surface area contributed by atoms with E-state index < -0.39 is 33.7 Å². The van der Waals surface area contributed by atoms with Gasteiger partial charge in [-0.2, -0.15) is 0 Å². The molecule has 2 atom stereocenters. The van der Waals surface area contributed by atoms with E-state index in [9.17, 15) is 23.1 Å². The van der Waals surface area contributed by atoms with Crippen molar-refractivity contribution in [3.63, 3.8) is 0 Å². The minimum Gasteiger partial charge on any atom is -0.481 e. The summed E-state index contributed by atoms with van der Waals surface area (Å²) in [5.41, 5.74) is 0.499. The van der Waals surface area contributed by atoms with Crippen molar-refractivity contribution in [1.82, 2.24) is 0 Å². The summed E-state index contributed by atoms with van der Waals surface area (Å²) < 4.78 is 27.5. The molecule has 9 heteroatoms. The van der Waals surface area contributed by atoms with Crippen molar-refractivity contribution in [2.45, 2.75) is 17.1 Å². The molecule has 0 fully saturated rings. The minimum atomic E-state index is -3.77. The molecule has 1 amide bonds. The Morgan fingerprint density at radius 2 is 1.67 bits per heavy atom. The monoisotopic (exact) mass is 406 g/mol. The van der Waals surface area contributed by atoms with Gasteiger partial charge in [-0.15, -0.1) is 11.3 Å². The van der Waals surface area contributed by atoms with Crippen LogP contribution in [0.1, 0.15) is 12.8 Å². The van der Waals surface area contributed by atoms with Gasteiger partial charge >= 0.3 is 5.97 Å². The Bertz CT molecular complexity index is 967. The van der Waals surface area contributed by atoms with Crippen molar-refractivity contribution in [2.75, 3.05) is 10.0 Å². The number of carbonyl (C=O) groups is 2. The van der Waals surface area contributed by atoms with Gasteiger partial charge in [0.05, 0.1) is 23.2 Å². The summed E-state index contributed by atoms with van der Waals surface area (Å²) in [6, 6.07) is 9.53. The van der Waals surface area contributed by atoms with Gasteiger partial charge in [0.25, 0.3) is 10.0 Å². The molecule has 0 saturated heterocycles. The van der Waals surface area contributed by atoms with Gasteiger partial charge in [0.1, 0.15) is 4.21 Å². The molecule has 0 unspecified atom stereocenters. The molecule has 1 aromatic heterocycles. The second-order valence-electron chi connectivity index (χ2n) is 6.07. The molecule has 27 heavy (non-hydrogen) atoms. The maximum Gasteiger partial charge on any atom is 0.307 e. The van der Waals surface area contributed by atoms with Gasteiger partial charge in [-0.3, -0.25) is 14.3 Å². The van der Waals surface area contributed by atoms with Gasteiger partial charge in [0.15, 0.2) is 0 Å². The van der Waals surface area contributed by atoms with E-state index in [-0.39, 0.29) is 15.6 Å². The fraction of sp³-hybridized carbons (Fsp3) is 0.222. The number of hydrogen-bond acceptors (Lipinski definition) is 5. The second kappa shape index (κ2) is 7.93. The van der Waals surface area contributed by atoms with Gasteiger partial charge in [-0.1, -0.05) is 30.4 Å². The summed E-state index contributed by atoms with van der Waals surface area (Å²) in [6.07, 6.45) is 4.16. The molecule has 0 bridgehead atoms. The summed E-state index contributed by atoms with van der Waals surface area (Å²) in [6.45, 7) is 0. The van der Waals surface area contributed by atoms with Gasteiger partial charge in [-0.25, -0.2) is 8.42 Å². The Morgan fingerprint density at radius 3 is 2.30 bits per heavy atom. The highest BCUT2D eigenvalue weighted by molar-refractivity contribution is 7.94. The molecule has 0 aliphatic heterocycles. The number of anilines is 2. The number of hydrogen-bond donors (Lipinski definition) is 3. The topological polar surface area (TPSA) is 113 Å². The van der Waals surface area contributed by atoms with E-state index in [1.807, 2.05) is 0 Å². The van der Waals surface area contributed by atoms with Crippen LogP contribution < -0.4 is 10.0 Å². The van der Waals surface area contributed by atoms with Crippen molar-refractivity contribution in [3.05, 3.63) is 53.9 Å². The smallest absolute Gasteiger partial charge is 0.307 e. The average Bonchev–Trinajstić information content (AvgIpc) is 3.19. The van der Waals surface area contributed by atoms with Crippen LogP contribution in [0, 0.1) is 11.8 Å². The molecule has 0 radical (unpaired) electrons. The minimum absolute atomic E-state index is 0.159. The summed E-state index contributed by atoms with van der Waals surface area (Å²) >= 11 is 1.08. The average molecular weight is 406 g/mol. The normalized spacial score (nSPS) is 19.4. The summed E-state index contributed by atoms with van der Waals surface area (Å²) in [4.78, 5) is 24.0. The molecule has 1 aromatic carbocycles. The molecule has 3 rings (SSSR count). The van der Waals surface area contributed by atoms with Crippen LogP contribution in [0.2, 0.25) is 0 Å². The molecule has 1 heterocycles. The molecule has 2 aromatic rings. The Labute approximate surface area is 160 Å². The Hall–Kier alpha value is -2.65. The van der Waals surface area contributed by atoms with Crippen molar-refractivity contribution in [3.8, 4) is 0 Å². The first-order chi connectivity index (χ1) is 12.9. The number of amides is 1. The molecule has 142 valence electrons. The van der Waals surface area contributed by atoms with Crippen LogP contribution in [0.4, 0.5) is 11.4 Å². The number of para-hydroxylation sites is 2. The number of rotatable bonds is 6. The van der Waals surface area contributed by atoms with Crippen LogP contribution >= 0.6 is 11.3 Å². The van der Waals surface area contributed by atoms with E-state index in [2.05, 4.69) is 10.0 Å². The predicted molar refractivity (Wildman–Crippen MR) is 103 cm³/mol. The van der Waals surface area contributed by atoms with E-state index in [1.54, 1.807) is 41.8 Å². The van der Waals surface area contributed by atoms with Crippen LogP contribution in [0.3, 0.4) is 0 Å². The van der Waals surface area contributed by atoms with E-state index in [4.69, 9.17) is 0 Å². The number of thiophene rings is 1. The number of carbonyl (C=O) groups excluding carboxylic acids is 1. The fourth-order valence-corrected chi connectivity index (χ4v) is 4.97. The lowest BCUT2D eigenvalue weighted by molar-refractivity contribution is -0.146. The lowest BCUT2D eigenvalue weighted by Gasteiger charge is -2.24. The second-order valence-corrected chi connectivity index (χ2v) is 8.92. The Balaban J connectivity index is 1.81. The zero-order valence-corrected chi connectivity index (χ0v) is 15.8. The zero-order chi connectivity index (χ0) is 19.4. The lowest BCUT2D eigenvalue weighted by atomic mass is 9.82. The van der Waals surface area contributed by atoms with Crippen LogP contribution in [0.5, 0.6) is 0 Å². The van der Waals surface area contributed by atoms with Gasteiger partial charge in [0, 0.05) is 0 Å². The van der Waals surface area contributed by atoms with E-state index in [0.717, 1.165) is 11.3 Å². The number of nitrogens with one attached hydrogen (secondary N) is 2. The molecule has 7 nitrogen and oxygen atoms in total. The van der Waals surface area contributed by atoms with Crippen LogP contribution in [-0.4, -0.2) is 25.4 Å². The van der Waals surface area contributed by atoms with Crippen molar-refractivity contribution >= 4 is 44.6 Å². The first kappa shape index (κ1) is 19.1. The van der Waals surface area contributed by atoms with E-state index >= 15 is 0 Å². The predicted octanol–water partition coefficient (Wildman–Crippen LogP) is 3.15. The largest absolute Gasteiger partial charge is 0.481 e. The Morgan fingerprint density at radius 1 is 1.00 bits per heavy atom. The third kappa shape index (κ3) is 4.37. The SMILES string of the molecule is O=C(Nc1ccccc1NS(=O)(=O)c1cccs1)[C@H]1CC=CC[C@H]1C(=O)O. The molecule has 1 aliphatic carbocycles. The summed E-state index contributed by atoms with van der Waals surface area (Å²) in [7, 11) is -3.77. The maximum absolute atomic E-state index is 12.6. The first-order valence-corrected chi connectivity index (χ1v) is 10.6. The fourth-order valence-electron chi connectivity index (χ4n) is 2.89. The van der Waals surface area contributed by atoms with E-state index in [0.29, 0.717) is 12.8 Å². The number of carboxylic acid groups (broad SMARTS) is 1. The lowest BCUT2D eigenvalue weighted by Crippen LogP contribution is -2.34. The van der Waals surface area contributed by atoms with Crippen molar-refractivity contribution < 1.29 is 23.1 Å². The maximum atomic E-state index is 12.6. The number of sulfonamides is 1. The van der Waals surface area contributed by atoms with Crippen LogP contribution in [0.15, 0.2) is 58.1 Å². The summed E-state index contributed by atoms with van der Waals surface area (Å²) in [5.74, 6) is -2.99. The third-order valence-electron chi connectivity index (χ3n) is 4.28. The standard InChI is InChI=1S/C18H18N2O5S2/c21-17(12-6-1-2-7-13(12)18(22)23)19-14-8-3-4-9-15(14)20-27(24,25)16-10-5-11-26-16/h1-5,8-13,20H,6-7H2,(H,19,21)(H,22,23)/t12-,13+/m0/s1. The van der Waals surface area contributed by atoms with Crippen molar-refractivity contribution in [2.24, 2.45) is 11.8 Å². The summed E-state index contributed by atoms with van der Waals surface area (Å²) in [5, 5.41) is 13.7. The molecular formula is C18H18N2O5S2. The number of carboxylic acids is 1. The zero-order valence-electron chi connectivity index (χ0n) is 14.2. The third-order valence-corrected chi connectivity index (χ3v) is 7.04. The number of aliphatic carboxylic acids is 1. The van der Waals surface area contributed by atoms with Gasteiger partial charge < -0.3 is 10.4 Å². The quantitative estimate of drug-likeness (QED) is 0.638.